The third-order valence-corrected chi connectivity index (χ3v) is 13.7. The Morgan fingerprint density at radius 3 is 2.47 bits per heavy atom. The molecule has 3 amide bonds. The Morgan fingerprint density at radius 1 is 1.12 bits per heavy atom. The van der Waals surface area contributed by atoms with Crippen LogP contribution in [0.1, 0.15) is 53.9 Å². The van der Waals surface area contributed by atoms with E-state index in [4.69, 9.17) is 30.8 Å². The quantitative estimate of drug-likeness (QED) is 0.116. The maximum Gasteiger partial charge on any atom is 0.259 e. The van der Waals surface area contributed by atoms with E-state index >= 15 is 0 Å². The number of hydrogen-bond donors (Lipinski definition) is 3. The Hall–Kier alpha value is -4.93. The van der Waals surface area contributed by atoms with Crippen LogP contribution in [0.2, 0.25) is 5.02 Å². The van der Waals surface area contributed by atoms with Crippen LogP contribution in [0.15, 0.2) is 66.7 Å². The molecule has 1 aliphatic heterocycles. The van der Waals surface area contributed by atoms with E-state index in [1.807, 2.05) is 50.4 Å². The van der Waals surface area contributed by atoms with Gasteiger partial charge < -0.3 is 29.7 Å². The highest BCUT2D eigenvalue weighted by atomic mass is 35.5. The van der Waals surface area contributed by atoms with E-state index in [0.717, 1.165) is 5.56 Å². The van der Waals surface area contributed by atoms with E-state index in [0.29, 0.717) is 38.1 Å². The molecule has 58 heavy (non-hydrogen) atoms. The van der Waals surface area contributed by atoms with Crippen molar-refractivity contribution in [1.29, 1.82) is 0 Å². The number of fused-ring (bicyclic) bond motifs is 1. The number of halogens is 1. The maximum atomic E-state index is 14.9. The summed E-state index contributed by atoms with van der Waals surface area (Å²) >= 11 is 7.73. The molecule has 2 fully saturated rings. The summed E-state index contributed by atoms with van der Waals surface area (Å²) in [6.07, 6.45) is 2.77. The standard InChI is InChI=1S/C41H49ClN6O8S2/c1-9-23(3)58(52,53)47-38(51)41(19-25(41)10-2)46-35(49)32-18-28(56-36-30-17-26(42)13-16-29(30)33(55-8)20-43-36)21-48(32)37(50)34(40(4,5)6)45-39-44-31(22-57-39)24-11-14-27(54-7)15-12-24/h10-17,20,22-23,25,28,32,34H,2,9,18-19,21H2,1,3-8H3,(H,44,45)(H,46,49)(H,47,51)/t23?,25-,28-,32?,34-,41-/m1/s1. The molecular formula is C41H49ClN6O8S2. The lowest BCUT2D eigenvalue weighted by Gasteiger charge is -2.35. The highest BCUT2D eigenvalue weighted by Gasteiger charge is 2.61. The predicted molar refractivity (Wildman–Crippen MR) is 225 cm³/mol. The van der Waals surface area contributed by atoms with Gasteiger partial charge in [0.15, 0.2) is 5.13 Å². The number of carbonyl (C=O) groups is 3. The summed E-state index contributed by atoms with van der Waals surface area (Å²) < 4.78 is 45.3. The minimum Gasteiger partial charge on any atom is -0.497 e. The second-order valence-electron chi connectivity index (χ2n) is 15.7. The van der Waals surface area contributed by atoms with Crippen LogP contribution < -0.4 is 29.6 Å². The number of nitrogens with one attached hydrogen (secondary N) is 3. The Morgan fingerprint density at radius 2 is 1.84 bits per heavy atom. The average Bonchev–Trinajstić information content (AvgIpc) is 3.46. The van der Waals surface area contributed by atoms with Crippen LogP contribution in [0.25, 0.3) is 22.0 Å². The molecule has 6 rings (SSSR count). The molecule has 2 aromatic heterocycles. The first-order valence-electron chi connectivity index (χ1n) is 18.9. The maximum absolute atomic E-state index is 14.9. The first-order valence-corrected chi connectivity index (χ1v) is 21.7. The summed E-state index contributed by atoms with van der Waals surface area (Å²) in [4.78, 5) is 53.8. The zero-order chi connectivity index (χ0) is 42.2. The number of pyridine rings is 1. The molecule has 17 heteroatoms. The number of rotatable bonds is 15. The first-order chi connectivity index (χ1) is 27.4. The number of likely N-dealkylation sites (tertiary alicyclic amines) is 1. The monoisotopic (exact) mass is 852 g/mol. The normalized spacial score (nSPS) is 21.4. The molecule has 2 aliphatic rings. The van der Waals surface area contributed by atoms with E-state index in [-0.39, 0.29) is 31.7 Å². The molecule has 1 saturated heterocycles. The fraction of sp³-hybridized carbons (Fsp3) is 0.439. The van der Waals surface area contributed by atoms with Gasteiger partial charge in [0.05, 0.1) is 37.9 Å². The summed E-state index contributed by atoms with van der Waals surface area (Å²) in [5.41, 5.74) is -0.670. The number of aromatic nitrogens is 2. The van der Waals surface area contributed by atoms with Crippen LogP contribution in [0, 0.1) is 11.3 Å². The van der Waals surface area contributed by atoms with Crippen molar-refractivity contribution in [3.05, 3.63) is 71.7 Å². The average molecular weight is 853 g/mol. The molecule has 2 unspecified atom stereocenters. The first kappa shape index (κ1) is 42.7. The van der Waals surface area contributed by atoms with Gasteiger partial charge in [-0.1, -0.05) is 45.4 Å². The van der Waals surface area contributed by atoms with E-state index in [9.17, 15) is 22.8 Å². The van der Waals surface area contributed by atoms with Crippen molar-refractivity contribution in [2.24, 2.45) is 11.3 Å². The van der Waals surface area contributed by atoms with Gasteiger partial charge in [-0.3, -0.25) is 19.1 Å². The van der Waals surface area contributed by atoms with Crippen LogP contribution in [0.5, 0.6) is 17.4 Å². The second kappa shape index (κ2) is 16.7. The van der Waals surface area contributed by atoms with Crippen molar-refractivity contribution < 1.29 is 37.0 Å². The molecule has 1 aliphatic carbocycles. The minimum absolute atomic E-state index is 0.0115. The molecule has 3 heterocycles. The number of anilines is 1. The molecule has 1 saturated carbocycles. The number of sulfonamides is 1. The van der Waals surface area contributed by atoms with E-state index in [1.54, 1.807) is 32.2 Å². The second-order valence-corrected chi connectivity index (χ2v) is 19.1. The lowest BCUT2D eigenvalue weighted by Crippen LogP contribution is -2.58. The molecule has 0 radical (unpaired) electrons. The van der Waals surface area contributed by atoms with E-state index < -0.39 is 68.1 Å². The predicted octanol–water partition coefficient (Wildman–Crippen LogP) is 6.21. The smallest absolute Gasteiger partial charge is 0.259 e. The highest BCUT2D eigenvalue weighted by Crippen LogP contribution is 2.45. The van der Waals surface area contributed by atoms with Crippen molar-refractivity contribution in [3.8, 4) is 28.6 Å². The van der Waals surface area contributed by atoms with Gasteiger partial charge in [-0.25, -0.2) is 18.4 Å². The minimum atomic E-state index is -4.02. The third-order valence-electron chi connectivity index (χ3n) is 10.8. The highest BCUT2D eigenvalue weighted by molar-refractivity contribution is 7.90. The topological polar surface area (TPSA) is 178 Å². The fourth-order valence-electron chi connectivity index (χ4n) is 7.00. The zero-order valence-electron chi connectivity index (χ0n) is 33.5. The van der Waals surface area contributed by atoms with Gasteiger partial charge in [0.1, 0.15) is 35.2 Å². The van der Waals surface area contributed by atoms with Gasteiger partial charge in [-0.05, 0) is 67.6 Å². The molecular weight excluding hydrogens is 804 g/mol. The summed E-state index contributed by atoms with van der Waals surface area (Å²) in [5.74, 6) is -0.970. The number of carbonyl (C=O) groups excluding carboxylic acids is 3. The van der Waals surface area contributed by atoms with E-state index in [1.165, 1.54) is 42.5 Å². The zero-order valence-corrected chi connectivity index (χ0v) is 35.9. The summed E-state index contributed by atoms with van der Waals surface area (Å²) in [6, 6.07) is 10.7. The third kappa shape index (κ3) is 8.73. The van der Waals surface area contributed by atoms with Gasteiger partial charge in [-0.2, -0.15) is 0 Å². The van der Waals surface area contributed by atoms with Gasteiger partial charge in [0.25, 0.3) is 5.91 Å². The Bertz CT molecular complexity index is 2310. The van der Waals surface area contributed by atoms with Crippen molar-refractivity contribution in [1.82, 2.24) is 24.9 Å². The number of hydrogen-bond acceptors (Lipinski definition) is 12. The van der Waals surface area contributed by atoms with Crippen molar-refractivity contribution in [2.75, 3.05) is 26.1 Å². The Kier molecular flexibility index (Phi) is 12.3. The SMILES string of the molecule is C=C[C@@H]1C[C@]1(NC(=O)C1C[C@@H](Oc2ncc(OC)c3ccc(Cl)cc23)CN1C(=O)[C@@H](Nc1nc(-c2ccc(OC)cc2)cs1)C(C)(C)C)C(=O)NS(=O)(=O)C(C)CC. The molecule has 6 atom stereocenters. The number of thiazole rings is 1. The van der Waals surface area contributed by atoms with Crippen molar-refractivity contribution >= 4 is 66.6 Å². The van der Waals surface area contributed by atoms with Gasteiger partial charge in [0, 0.05) is 39.1 Å². The Balaban J connectivity index is 1.32. The lowest BCUT2D eigenvalue weighted by atomic mass is 9.85. The summed E-state index contributed by atoms with van der Waals surface area (Å²) in [7, 11) is -0.894. The number of ether oxygens (including phenoxy) is 3. The summed E-state index contributed by atoms with van der Waals surface area (Å²) in [5, 5.41) is 9.47. The molecule has 310 valence electrons. The molecule has 2 aromatic carbocycles. The van der Waals surface area contributed by atoms with Gasteiger partial charge in [-0.15, -0.1) is 17.9 Å². The molecule has 0 bridgehead atoms. The van der Waals surface area contributed by atoms with Crippen LogP contribution in [-0.4, -0.2) is 90.7 Å². The van der Waals surface area contributed by atoms with E-state index in [2.05, 4.69) is 26.9 Å². The van der Waals surface area contributed by atoms with Crippen LogP contribution in [-0.2, 0) is 24.4 Å². The molecule has 4 aromatic rings. The lowest BCUT2D eigenvalue weighted by molar-refractivity contribution is -0.141. The molecule has 14 nitrogen and oxygen atoms in total. The molecule has 0 spiro atoms. The van der Waals surface area contributed by atoms with Gasteiger partial charge >= 0.3 is 0 Å². The number of nitrogens with zero attached hydrogens (tertiary/aromatic N) is 3. The number of benzene rings is 2. The largest absolute Gasteiger partial charge is 0.497 e. The van der Waals surface area contributed by atoms with Gasteiger partial charge in [0.2, 0.25) is 27.7 Å². The number of amides is 3. The summed E-state index contributed by atoms with van der Waals surface area (Å²) in [6.45, 7) is 12.7. The fourth-order valence-corrected chi connectivity index (χ4v) is 9.01. The van der Waals surface area contributed by atoms with Crippen molar-refractivity contribution in [2.45, 2.75) is 82.9 Å². The van der Waals surface area contributed by atoms with Crippen molar-refractivity contribution in [3.63, 3.8) is 0 Å². The Labute approximate surface area is 347 Å². The number of methoxy groups -OCH3 is 2. The van der Waals surface area contributed by atoms with Crippen LogP contribution in [0.4, 0.5) is 5.13 Å². The van der Waals surface area contributed by atoms with Crippen LogP contribution in [0.3, 0.4) is 0 Å². The van der Waals surface area contributed by atoms with Crippen LogP contribution >= 0.6 is 22.9 Å². The molecule has 3 N–H and O–H groups in total.